The molecular formula is C24H22N4O5. The van der Waals surface area contributed by atoms with Gasteiger partial charge in [-0.3, -0.25) is 23.9 Å². The Balaban J connectivity index is 1.37. The van der Waals surface area contributed by atoms with Crippen LogP contribution in [-0.4, -0.2) is 39.5 Å². The Morgan fingerprint density at radius 3 is 2.76 bits per heavy atom. The van der Waals surface area contributed by atoms with Crippen molar-refractivity contribution in [1.82, 2.24) is 9.55 Å². The highest BCUT2D eigenvalue weighted by molar-refractivity contribution is 6.14. The molecule has 33 heavy (non-hydrogen) atoms. The molecule has 3 aromatic rings. The van der Waals surface area contributed by atoms with Gasteiger partial charge in [-0.15, -0.1) is 0 Å². The third-order valence-electron chi connectivity index (χ3n) is 6.14. The maximum Gasteiger partial charge on any atom is 0.338 e. The van der Waals surface area contributed by atoms with E-state index in [1.54, 1.807) is 48.7 Å². The molecule has 168 valence electrons. The number of benzene rings is 2. The largest absolute Gasteiger partial charge is 0.452 e. The van der Waals surface area contributed by atoms with Crippen molar-refractivity contribution in [3.05, 3.63) is 64.2 Å². The van der Waals surface area contributed by atoms with E-state index in [1.807, 2.05) is 0 Å². The second-order valence-electron chi connectivity index (χ2n) is 8.66. The van der Waals surface area contributed by atoms with Gasteiger partial charge in [-0.25, -0.2) is 9.78 Å². The zero-order valence-corrected chi connectivity index (χ0v) is 18.3. The lowest BCUT2D eigenvalue weighted by Gasteiger charge is -2.41. The standard InChI is InChI=1S/C24H22N4O5/c1-24(2)23(32)26-16-6-3-4-7-18(16)28(24)20(29)13-33-22(31)14-9-10-15-17(12-14)25-19-8-5-11-27(19)21(15)30/h3-4,6-7,9-10,12H,5,8,11,13H2,1-2H3,(H,26,32). The normalized spacial score (nSPS) is 16.2. The van der Waals surface area contributed by atoms with Gasteiger partial charge in [0, 0.05) is 13.0 Å². The number of ether oxygens (including phenoxy) is 1. The van der Waals surface area contributed by atoms with Crippen LogP contribution in [0.2, 0.25) is 0 Å². The lowest BCUT2D eigenvalue weighted by molar-refractivity contribution is -0.128. The number of para-hydroxylation sites is 2. The highest BCUT2D eigenvalue weighted by Crippen LogP contribution is 2.36. The van der Waals surface area contributed by atoms with E-state index in [4.69, 9.17) is 4.74 Å². The summed E-state index contributed by atoms with van der Waals surface area (Å²) in [4.78, 5) is 56.7. The number of rotatable bonds is 3. The molecule has 0 saturated heterocycles. The van der Waals surface area contributed by atoms with Crippen LogP contribution < -0.4 is 15.8 Å². The quantitative estimate of drug-likeness (QED) is 0.618. The molecule has 0 fully saturated rings. The highest BCUT2D eigenvalue weighted by Gasteiger charge is 2.43. The Labute approximate surface area is 189 Å². The predicted molar refractivity (Wildman–Crippen MR) is 121 cm³/mol. The minimum atomic E-state index is -1.16. The minimum absolute atomic E-state index is 0.119. The van der Waals surface area contributed by atoms with Crippen molar-refractivity contribution in [2.75, 3.05) is 16.8 Å². The summed E-state index contributed by atoms with van der Waals surface area (Å²) in [5.74, 6) is -0.858. The van der Waals surface area contributed by atoms with Crippen LogP contribution in [-0.2, 0) is 27.3 Å². The van der Waals surface area contributed by atoms with Crippen molar-refractivity contribution in [3.63, 3.8) is 0 Å². The highest BCUT2D eigenvalue weighted by atomic mass is 16.5. The summed E-state index contributed by atoms with van der Waals surface area (Å²) in [6.45, 7) is 3.37. The first-order valence-electron chi connectivity index (χ1n) is 10.7. The smallest absolute Gasteiger partial charge is 0.338 e. The van der Waals surface area contributed by atoms with E-state index in [0.717, 1.165) is 12.8 Å². The maximum absolute atomic E-state index is 13.1. The molecule has 2 aliphatic rings. The van der Waals surface area contributed by atoms with Crippen LogP contribution in [0.4, 0.5) is 11.4 Å². The number of carbonyl (C=O) groups excluding carboxylic acids is 3. The molecule has 0 saturated carbocycles. The molecule has 3 heterocycles. The second-order valence-corrected chi connectivity index (χ2v) is 8.66. The zero-order chi connectivity index (χ0) is 23.3. The van der Waals surface area contributed by atoms with Gasteiger partial charge in [0.2, 0.25) is 5.91 Å². The number of hydrogen-bond acceptors (Lipinski definition) is 6. The Bertz CT molecular complexity index is 1390. The van der Waals surface area contributed by atoms with Crippen molar-refractivity contribution in [3.8, 4) is 0 Å². The molecule has 5 rings (SSSR count). The Hall–Kier alpha value is -4.01. The number of fused-ring (bicyclic) bond motifs is 3. The van der Waals surface area contributed by atoms with E-state index in [-0.39, 0.29) is 17.0 Å². The van der Waals surface area contributed by atoms with E-state index in [0.29, 0.717) is 34.6 Å². The molecule has 0 radical (unpaired) electrons. The van der Waals surface area contributed by atoms with Gasteiger partial charge in [0.15, 0.2) is 6.61 Å². The number of aromatic nitrogens is 2. The molecule has 2 aliphatic heterocycles. The summed E-state index contributed by atoms with van der Waals surface area (Å²) in [5, 5.41) is 3.23. The summed E-state index contributed by atoms with van der Waals surface area (Å²) >= 11 is 0. The summed E-state index contributed by atoms with van der Waals surface area (Å²) in [7, 11) is 0. The number of amides is 2. The van der Waals surface area contributed by atoms with E-state index < -0.39 is 24.0 Å². The van der Waals surface area contributed by atoms with Crippen LogP contribution in [0.15, 0.2) is 47.3 Å². The Morgan fingerprint density at radius 1 is 1.15 bits per heavy atom. The molecule has 0 aliphatic carbocycles. The van der Waals surface area contributed by atoms with E-state index in [2.05, 4.69) is 10.3 Å². The van der Waals surface area contributed by atoms with Gasteiger partial charge in [-0.2, -0.15) is 0 Å². The van der Waals surface area contributed by atoms with Crippen molar-refractivity contribution < 1.29 is 19.1 Å². The fourth-order valence-electron chi connectivity index (χ4n) is 4.38. The van der Waals surface area contributed by atoms with Crippen molar-refractivity contribution in [2.24, 2.45) is 0 Å². The van der Waals surface area contributed by atoms with Gasteiger partial charge < -0.3 is 10.1 Å². The zero-order valence-electron chi connectivity index (χ0n) is 18.3. The van der Waals surface area contributed by atoms with Crippen LogP contribution in [0.1, 0.15) is 36.5 Å². The van der Waals surface area contributed by atoms with Crippen molar-refractivity contribution in [1.29, 1.82) is 0 Å². The van der Waals surface area contributed by atoms with Gasteiger partial charge in [0.05, 0.1) is 27.8 Å². The SMILES string of the molecule is CC1(C)C(=O)Nc2ccccc2N1C(=O)COC(=O)c1ccc2c(=O)n3c(nc2c1)CCC3. The van der Waals surface area contributed by atoms with Gasteiger partial charge in [-0.05, 0) is 50.6 Å². The molecule has 1 N–H and O–H groups in total. The number of aryl methyl sites for hydroxylation is 1. The third-order valence-corrected chi connectivity index (χ3v) is 6.14. The van der Waals surface area contributed by atoms with Crippen LogP contribution in [0.3, 0.4) is 0 Å². The summed E-state index contributed by atoms with van der Waals surface area (Å²) in [5.41, 5.74) is 0.394. The van der Waals surface area contributed by atoms with Gasteiger partial charge >= 0.3 is 5.97 Å². The lowest BCUT2D eigenvalue weighted by atomic mass is 9.96. The van der Waals surface area contributed by atoms with Crippen molar-refractivity contribution in [2.45, 2.75) is 38.8 Å². The molecule has 0 spiro atoms. The molecule has 9 heteroatoms. The summed E-state index contributed by atoms with van der Waals surface area (Å²) in [6.07, 6.45) is 1.58. The number of carbonyl (C=O) groups is 3. The first-order chi connectivity index (χ1) is 15.8. The molecule has 1 aromatic heterocycles. The molecule has 9 nitrogen and oxygen atoms in total. The number of esters is 1. The van der Waals surface area contributed by atoms with Crippen LogP contribution in [0, 0.1) is 0 Å². The average molecular weight is 446 g/mol. The fraction of sp³-hybridized carbons (Fsp3) is 0.292. The first-order valence-corrected chi connectivity index (χ1v) is 10.7. The molecule has 0 bridgehead atoms. The molecule has 2 amide bonds. The van der Waals surface area contributed by atoms with Crippen molar-refractivity contribution >= 4 is 40.1 Å². The third kappa shape index (κ3) is 3.36. The van der Waals surface area contributed by atoms with E-state index >= 15 is 0 Å². The van der Waals surface area contributed by atoms with E-state index in [1.165, 1.54) is 17.0 Å². The monoisotopic (exact) mass is 446 g/mol. The number of nitrogens with one attached hydrogen (secondary N) is 1. The summed E-state index contributed by atoms with van der Waals surface area (Å²) < 4.78 is 6.95. The number of anilines is 2. The minimum Gasteiger partial charge on any atom is -0.452 e. The number of hydrogen-bond donors (Lipinski definition) is 1. The van der Waals surface area contributed by atoms with Gasteiger partial charge in [-0.1, -0.05) is 12.1 Å². The fourth-order valence-corrected chi connectivity index (χ4v) is 4.38. The van der Waals surface area contributed by atoms with Gasteiger partial charge in [0.1, 0.15) is 11.4 Å². The number of nitrogens with zero attached hydrogens (tertiary/aromatic N) is 3. The molecular weight excluding hydrogens is 424 g/mol. The Morgan fingerprint density at radius 2 is 1.94 bits per heavy atom. The van der Waals surface area contributed by atoms with Gasteiger partial charge in [0.25, 0.3) is 11.5 Å². The first kappa shape index (κ1) is 20.9. The average Bonchev–Trinajstić information content (AvgIpc) is 3.26. The Kier molecular flexibility index (Phi) is 4.77. The van der Waals surface area contributed by atoms with Crippen LogP contribution in [0.5, 0.6) is 0 Å². The molecule has 0 atom stereocenters. The molecule has 0 unspecified atom stereocenters. The lowest BCUT2D eigenvalue weighted by Crippen LogP contribution is -2.59. The maximum atomic E-state index is 13.1. The van der Waals surface area contributed by atoms with Crippen LogP contribution >= 0.6 is 0 Å². The predicted octanol–water partition coefficient (Wildman–Crippen LogP) is 2.26. The second kappa shape index (κ2) is 7.54. The van der Waals surface area contributed by atoms with Crippen LogP contribution in [0.25, 0.3) is 10.9 Å². The van der Waals surface area contributed by atoms with E-state index in [9.17, 15) is 19.2 Å². The molecule has 2 aromatic carbocycles. The topological polar surface area (TPSA) is 111 Å². The summed E-state index contributed by atoms with van der Waals surface area (Å²) in [6, 6.07) is 11.5.